The molecule has 1 unspecified atom stereocenters. The highest BCUT2D eigenvalue weighted by molar-refractivity contribution is 9.10. The minimum Gasteiger partial charge on any atom is -0.368 e. The molecular weight excluding hydrogens is 405 g/mol. The first kappa shape index (κ1) is 17.7. The van der Waals surface area contributed by atoms with Crippen molar-refractivity contribution < 1.29 is 18.1 Å². The molecule has 0 N–H and O–H groups in total. The summed E-state index contributed by atoms with van der Waals surface area (Å²) in [7, 11) is 0. The number of nitro groups is 1. The molecule has 2 heterocycles. The summed E-state index contributed by atoms with van der Waals surface area (Å²) >= 11 is 3.34. The Bertz CT molecular complexity index is 793. The van der Waals surface area contributed by atoms with Gasteiger partial charge >= 0.3 is 6.18 Å². The monoisotopic (exact) mass is 418 g/mol. The third kappa shape index (κ3) is 3.78. The third-order valence-electron chi connectivity index (χ3n) is 4.15. The Balaban J connectivity index is 1.79. The highest BCUT2D eigenvalue weighted by Gasteiger charge is 2.34. The molecule has 0 saturated carbocycles. The normalized spacial score (nSPS) is 18.4. The number of piperidine rings is 1. The number of benzene rings is 1. The lowest BCUT2D eigenvalue weighted by atomic mass is 10.1. The van der Waals surface area contributed by atoms with Crippen LogP contribution >= 0.6 is 15.9 Å². The molecule has 0 aliphatic carbocycles. The van der Waals surface area contributed by atoms with Crippen molar-refractivity contribution in [3.05, 3.63) is 50.7 Å². The highest BCUT2D eigenvalue weighted by atomic mass is 79.9. The Labute approximate surface area is 149 Å². The lowest BCUT2D eigenvalue weighted by Crippen LogP contribution is -2.37. The minimum atomic E-state index is -4.46. The van der Waals surface area contributed by atoms with Gasteiger partial charge in [-0.3, -0.25) is 14.8 Å². The molecule has 134 valence electrons. The standard InChI is InChI=1S/C15H14BrF3N4O2/c16-12-8-10(23(24)25)3-4-13(12)21-6-1-2-11(9-21)22-7-5-14(20-22)15(17,18)19/h3-5,7-8,11H,1-2,6,9H2. The van der Waals surface area contributed by atoms with Gasteiger partial charge in [-0.25, -0.2) is 0 Å². The largest absolute Gasteiger partial charge is 0.435 e. The lowest BCUT2D eigenvalue weighted by Gasteiger charge is -2.35. The predicted octanol–water partition coefficient (Wildman–Crippen LogP) is 4.41. The van der Waals surface area contributed by atoms with Crippen molar-refractivity contribution in [2.24, 2.45) is 0 Å². The average Bonchev–Trinajstić information content (AvgIpc) is 3.05. The second-order valence-electron chi connectivity index (χ2n) is 5.81. The zero-order valence-corrected chi connectivity index (χ0v) is 14.5. The van der Waals surface area contributed by atoms with Gasteiger partial charge < -0.3 is 4.90 Å². The van der Waals surface area contributed by atoms with Crippen molar-refractivity contribution in [3.63, 3.8) is 0 Å². The first-order valence-corrected chi connectivity index (χ1v) is 8.36. The second-order valence-corrected chi connectivity index (χ2v) is 6.67. The van der Waals surface area contributed by atoms with Crippen LogP contribution in [0.25, 0.3) is 0 Å². The van der Waals surface area contributed by atoms with E-state index in [9.17, 15) is 23.3 Å². The van der Waals surface area contributed by atoms with Crippen molar-refractivity contribution in [1.29, 1.82) is 0 Å². The number of hydrogen-bond acceptors (Lipinski definition) is 4. The van der Waals surface area contributed by atoms with Gasteiger partial charge in [0.1, 0.15) is 0 Å². The van der Waals surface area contributed by atoms with Crippen molar-refractivity contribution in [3.8, 4) is 0 Å². The van der Waals surface area contributed by atoms with Crippen LogP contribution in [0.15, 0.2) is 34.9 Å². The molecule has 1 aliphatic heterocycles. The van der Waals surface area contributed by atoms with Gasteiger partial charge in [0, 0.05) is 35.9 Å². The molecule has 0 bridgehead atoms. The SMILES string of the molecule is O=[N+]([O-])c1ccc(N2CCCC(n3ccc(C(F)(F)F)n3)C2)c(Br)c1. The zero-order valence-electron chi connectivity index (χ0n) is 12.9. The number of alkyl halides is 3. The fraction of sp³-hybridized carbons (Fsp3) is 0.400. The summed E-state index contributed by atoms with van der Waals surface area (Å²) in [6, 6.07) is 5.27. The van der Waals surface area contributed by atoms with Crippen LogP contribution in [0.2, 0.25) is 0 Å². The van der Waals surface area contributed by atoms with E-state index in [4.69, 9.17) is 0 Å². The summed E-state index contributed by atoms with van der Waals surface area (Å²) in [4.78, 5) is 12.3. The average molecular weight is 419 g/mol. The van der Waals surface area contributed by atoms with Gasteiger partial charge in [0.2, 0.25) is 0 Å². The Morgan fingerprint density at radius 2 is 2.08 bits per heavy atom. The maximum atomic E-state index is 12.7. The Hall–Kier alpha value is -2.10. The number of nitrogens with zero attached hydrogens (tertiary/aromatic N) is 4. The number of anilines is 1. The van der Waals surface area contributed by atoms with E-state index in [1.807, 2.05) is 4.90 Å². The van der Waals surface area contributed by atoms with Crippen LogP contribution in [0.5, 0.6) is 0 Å². The maximum absolute atomic E-state index is 12.7. The van der Waals surface area contributed by atoms with Crippen LogP contribution in [0, 0.1) is 10.1 Å². The van der Waals surface area contributed by atoms with Crippen molar-refractivity contribution in [1.82, 2.24) is 9.78 Å². The number of halogens is 4. The maximum Gasteiger partial charge on any atom is 0.435 e. The van der Waals surface area contributed by atoms with Crippen LogP contribution in [0.1, 0.15) is 24.6 Å². The smallest absolute Gasteiger partial charge is 0.368 e. The molecule has 10 heteroatoms. The molecule has 25 heavy (non-hydrogen) atoms. The van der Waals surface area contributed by atoms with Gasteiger partial charge in [-0.05, 0) is 40.9 Å². The van der Waals surface area contributed by atoms with E-state index in [1.165, 1.54) is 23.0 Å². The fourth-order valence-corrected chi connectivity index (χ4v) is 3.57. The van der Waals surface area contributed by atoms with Gasteiger partial charge in [0.25, 0.3) is 5.69 Å². The quantitative estimate of drug-likeness (QED) is 0.546. The summed E-state index contributed by atoms with van der Waals surface area (Å²) in [5, 5.41) is 14.5. The molecule has 0 spiro atoms. The number of nitro benzene ring substituents is 1. The van der Waals surface area contributed by atoms with Gasteiger partial charge in [-0.15, -0.1) is 0 Å². The van der Waals surface area contributed by atoms with E-state index in [0.29, 0.717) is 11.0 Å². The molecule has 2 aromatic rings. The molecule has 1 saturated heterocycles. The predicted molar refractivity (Wildman–Crippen MR) is 88.5 cm³/mol. The van der Waals surface area contributed by atoms with Gasteiger partial charge in [0.15, 0.2) is 5.69 Å². The van der Waals surface area contributed by atoms with E-state index in [1.54, 1.807) is 6.07 Å². The summed E-state index contributed by atoms with van der Waals surface area (Å²) in [6.07, 6.45) is -1.60. The van der Waals surface area contributed by atoms with Crippen LogP contribution in [0.4, 0.5) is 24.5 Å². The van der Waals surface area contributed by atoms with Crippen molar-refractivity contribution >= 4 is 27.3 Å². The fourth-order valence-electron chi connectivity index (χ4n) is 2.95. The first-order chi connectivity index (χ1) is 11.8. The second kappa shape index (κ2) is 6.66. The van der Waals surface area contributed by atoms with E-state index in [0.717, 1.165) is 31.1 Å². The van der Waals surface area contributed by atoms with Gasteiger partial charge in [0.05, 0.1) is 16.7 Å². The molecule has 0 radical (unpaired) electrons. The molecule has 1 atom stereocenters. The van der Waals surface area contributed by atoms with E-state index >= 15 is 0 Å². The Kier molecular flexibility index (Phi) is 4.72. The molecular formula is C15H14BrF3N4O2. The lowest BCUT2D eigenvalue weighted by molar-refractivity contribution is -0.384. The molecule has 3 rings (SSSR count). The molecule has 1 aliphatic rings. The summed E-state index contributed by atoms with van der Waals surface area (Å²) in [5.74, 6) is 0. The summed E-state index contributed by atoms with van der Waals surface area (Å²) < 4.78 is 40.1. The molecule has 0 amide bonds. The van der Waals surface area contributed by atoms with Crippen LogP contribution < -0.4 is 4.90 Å². The molecule has 6 nitrogen and oxygen atoms in total. The molecule has 1 aromatic heterocycles. The highest BCUT2D eigenvalue weighted by Crippen LogP contribution is 2.34. The van der Waals surface area contributed by atoms with Crippen LogP contribution in [0.3, 0.4) is 0 Å². The van der Waals surface area contributed by atoms with Crippen molar-refractivity contribution in [2.45, 2.75) is 25.1 Å². The number of hydrogen-bond donors (Lipinski definition) is 0. The van der Waals surface area contributed by atoms with Crippen molar-refractivity contribution in [2.75, 3.05) is 18.0 Å². The van der Waals surface area contributed by atoms with E-state index < -0.39 is 16.8 Å². The topological polar surface area (TPSA) is 64.2 Å². The minimum absolute atomic E-state index is 0.0221. The number of non-ortho nitro benzene ring substituents is 1. The number of aromatic nitrogens is 2. The van der Waals surface area contributed by atoms with Gasteiger partial charge in [-0.2, -0.15) is 18.3 Å². The molecule has 1 aromatic carbocycles. The Morgan fingerprint density at radius 1 is 1.32 bits per heavy atom. The zero-order chi connectivity index (χ0) is 18.2. The summed E-state index contributed by atoms with van der Waals surface area (Å²) in [6.45, 7) is 1.20. The van der Waals surface area contributed by atoms with E-state index in [2.05, 4.69) is 21.0 Å². The first-order valence-electron chi connectivity index (χ1n) is 7.57. The molecule has 1 fully saturated rings. The van der Waals surface area contributed by atoms with Gasteiger partial charge in [-0.1, -0.05) is 0 Å². The summed E-state index contributed by atoms with van der Waals surface area (Å²) in [5.41, 5.74) is -0.147. The number of rotatable bonds is 3. The van der Waals surface area contributed by atoms with Crippen LogP contribution in [-0.4, -0.2) is 27.8 Å². The Morgan fingerprint density at radius 3 is 2.68 bits per heavy atom. The van der Waals surface area contributed by atoms with E-state index in [-0.39, 0.29) is 11.7 Å². The van der Waals surface area contributed by atoms with Crippen LogP contribution in [-0.2, 0) is 6.18 Å². The third-order valence-corrected chi connectivity index (χ3v) is 4.79.